The fourth-order valence-electron chi connectivity index (χ4n) is 4.18. The zero-order valence-electron chi connectivity index (χ0n) is 16.9. The quantitative estimate of drug-likeness (QED) is 0.601. The summed E-state index contributed by atoms with van der Waals surface area (Å²) in [5.74, 6) is 2.64. The molecule has 1 aromatic heterocycles. The van der Waals surface area contributed by atoms with Crippen LogP contribution in [-0.4, -0.2) is 47.9 Å². The fourth-order valence-corrected chi connectivity index (χ4v) is 4.18. The minimum atomic E-state index is 0.219. The summed E-state index contributed by atoms with van der Waals surface area (Å²) < 4.78 is 5.83. The number of nitrogens with one attached hydrogen (secondary N) is 2. The number of rotatable bonds is 5. The molecule has 4 rings (SSSR count). The normalized spacial score (nSPS) is 20.2. The first-order chi connectivity index (χ1) is 14.2. The summed E-state index contributed by atoms with van der Waals surface area (Å²) in [7, 11) is 1.75. The number of aromatic nitrogens is 1. The Balaban J connectivity index is 1.26. The lowest BCUT2D eigenvalue weighted by Gasteiger charge is -2.21. The molecule has 7 heteroatoms. The fraction of sp³-hybridized carbons (Fsp3) is 0.500. The standard InChI is InChI=1S/C22H29N5O2/c1-23-22(25-14-20-24-13-19(29-20)16-7-3-2-4-8-16)26-18-11-12-27(15-18)21(28)17-9-5-6-10-17/h2-4,7-8,13,17-18H,5-6,9-12,14-15H2,1H3,(H2,23,25,26). The van der Waals surface area contributed by atoms with Crippen molar-refractivity contribution in [1.82, 2.24) is 20.5 Å². The lowest BCUT2D eigenvalue weighted by molar-refractivity contribution is -0.134. The van der Waals surface area contributed by atoms with E-state index in [0.717, 1.165) is 43.7 Å². The Morgan fingerprint density at radius 2 is 2.03 bits per heavy atom. The van der Waals surface area contributed by atoms with Gasteiger partial charge in [-0.1, -0.05) is 43.2 Å². The van der Waals surface area contributed by atoms with Gasteiger partial charge in [0.2, 0.25) is 11.8 Å². The molecule has 2 heterocycles. The van der Waals surface area contributed by atoms with Gasteiger partial charge in [-0.15, -0.1) is 0 Å². The molecule has 1 unspecified atom stereocenters. The van der Waals surface area contributed by atoms with Gasteiger partial charge in [-0.25, -0.2) is 4.98 Å². The van der Waals surface area contributed by atoms with E-state index in [0.29, 0.717) is 24.3 Å². The van der Waals surface area contributed by atoms with Crippen molar-refractivity contribution in [2.75, 3.05) is 20.1 Å². The molecule has 1 atom stereocenters. The van der Waals surface area contributed by atoms with E-state index >= 15 is 0 Å². The van der Waals surface area contributed by atoms with Crippen molar-refractivity contribution < 1.29 is 9.21 Å². The first kappa shape index (κ1) is 19.5. The van der Waals surface area contributed by atoms with Gasteiger partial charge in [-0.3, -0.25) is 9.79 Å². The largest absolute Gasteiger partial charge is 0.439 e. The van der Waals surface area contributed by atoms with Gasteiger partial charge in [0, 0.05) is 37.7 Å². The predicted molar refractivity (Wildman–Crippen MR) is 112 cm³/mol. The van der Waals surface area contributed by atoms with Crippen LogP contribution in [-0.2, 0) is 11.3 Å². The summed E-state index contributed by atoms with van der Waals surface area (Å²) in [4.78, 5) is 23.3. The van der Waals surface area contributed by atoms with Crippen LogP contribution in [0.15, 0.2) is 45.9 Å². The van der Waals surface area contributed by atoms with Gasteiger partial charge >= 0.3 is 0 Å². The van der Waals surface area contributed by atoms with E-state index in [4.69, 9.17) is 4.42 Å². The number of oxazole rings is 1. The number of nitrogens with zero attached hydrogens (tertiary/aromatic N) is 3. The molecule has 1 aliphatic carbocycles. The third-order valence-electron chi connectivity index (χ3n) is 5.79. The molecule has 1 saturated carbocycles. The highest BCUT2D eigenvalue weighted by molar-refractivity contribution is 5.81. The molecular formula is C22H29N5O2. The monoisotopic (exact) mass is 395 g/mol. The maximum absolute atomic E-state index is 12.6. The molecule has 2 fully saturated rings. The number of likely N-dealkylation sites (tertiary alicyclic amines) is 1. The molecule has 1 aliphatic heterocycles. The average molecular weight is 396 g/mol. The summed E-state index contributed by atoms with van der Waals surface area (Å²) in [6.45, 7) is 2.02. The third-order valence-corrected chi connectivity index (χ3v) is 5.79. The molecule has 1 saturated heterocycles. The predicted octanol–water partition coefficient (Wildman–Crippen LogP) is 2.80. The van der Waals surface area contributed by atoms with E-state index in [1.165, 1.54) is 12.8 Å². The lowest BCUT2D eigenvalue weighted by Crippen LogP contribution is -2.45. The summed E-state index contributed by atoms with van der Waals surface area (Å²) in [6, 6.07) is 10.1. The Bertz CT molecular complexity index is 842. The van der Waals surface area contributed by atoms with Crippen molar-refractivity contribution in [2.45, 2.75) is 44.7 Å². The van der Waals surface area contributed by atoms with Crippen LogP contribution in [0.5, 0.6) is 0 Å². The Kier molecular flexibility index (Phi) is 6.12. The van der Waals surface area contributed by atoms with Crippen molar-refractivity contribution in [3.63, 3.8) is 0 Å². The van der Waals surface area contributed by atoms with Crippen molar-refractivity contribution in [1.29, 1.82) is 0 Å². The molecule has 0 spiro atoms. The third kappa shape index (κ3) is 4.78. The van der Waals surface area contributed by atoms with Gasteiger partial charge in [0.1, 0.15) is 0 Å². The number of guanidine groups is 1. The second kappa shape index (κ2) is 9.11. The minimum Gasteiger partial charge on any atom is -0.439 e. The second-order valence-corrected chi connectivity index (χ2v) is 7.81. The molecule has 29 heavy (non-hydrogen) atoms. The number of benzene rings is 1. The molecule has 1 amide bonds. The van der Waals surface area contributed by atoms with E-state index in [-0.39, 0.29) is 12.0 Å². The molecule has 2 N–H and O–H groups in total. The number of hydrogen-bond acceptors (Lipinski definition) is 4. The van der Waals surface area contributed by atoms with Crippen LogP contribution in [0.3, 0.4) is 0 Å². The molecule has 1 aromatic carbocycles. The summed E-state index contributed by atoms with van der Waals surface area (Å²) >= 11 is 0. The zero-order valence-corrected chi connectivity index (χ0v) is 16.9. The van der Waals surface area contributed by atoms with E-state index < -0.39 is 0 Å². The Morgan fingerprint density at radius 1 is 1.24 bits per heavy atom. The van der Waals surface area contributed by atoms with Gasteiger partial charge in [0.15, 0.2) is 11.7 Å². The first-order valence-corrected chi connectivity index (χ1v) is 10.5. The molecule has 7 nitrogen and oxygen atoms in total. The van der Waals surface area contributed by atoms with E-state index in [1.807, 2.05) is 35.2 Å². The summed E-state index contributed by atoms with van der Waals surface area (Å²) in [5.41, 5.74) is 1.01. The van der Waals surface area contributed by atoms with Crippen LogP contribution >= 0.6 is 0 Å². The number of amides is 1. The van der Waals surface area contributed by atoms with Crippen molar-refractivity contribution >= 4 is 11.9 Å². The highest BCUT2D eigenvalue weighted by Crippen LogP contribution is 2.27. The van der Waals surface area contributed by atoms with Crippen LogP contribution in [0.1, 0.15) is 38.0 Å². The highest BCUT2D eigenvalue weighted by Gasteiger charge is 2.32. The number of carbonyl (C=O) groups excluding carboxylic acids is 1. The van der Waals surface area contributed by atoms with E-state index in [1.54, 1.807) is 13.2 Å². The van der Waals surface area contributed by atoms with Gasteiger partial charge in [-0.05, 0) is 19.3 Å². The molecular weight excluding hydrogens is 366 g/mol. The Labute approximate surface area is 171 Å². The van der Waals surface area contributed by atoms with Crippen molar-refractivity contribution in [3.8, 4) is 11.3 Å². The maximum atomic E-state index is 12.6. The van der Waals surface area contributed by atoms with E-state index in [2.05, 4.69) is 20.6 Å². The molecule has 0 radical (unpaired) electrons. The van der Waals surface area contributed by atoms with Crippen LogP contribution in [0.25, 0.3) is 11.3 Å². The maximum Gasteiger partial charge on any atom is 0.225 e. The smallest absolute Gasteiger partial charge is 0.225 e. The molecule has 2 aliphatic rings. The Hall–Kier alpha value is -2.83. The van der Waals surface area contributed by atoms with Crippen LogP contribution in [0, 0.1) is 5.92 Å². The number of aliphatic imine (C=N–C) groups is 1. The summed E-state index contributed by atoms with van der Waals surface area (Å²) in [6.07, 6.45) is 7.17. The minimum absolute atomic E-state index is 0.219. The molecule has 2 aromatic rings. The van der Waals surface area contributed by atoms with Gasteiger partial charge in [-0.2, -0.15) is 0 Å². The van der Waals surface area contributed by atoms with Gasteiger partial charge < -0.3 is 20.0 Å². The highest BCUT2D eigenvalue weighted by atomic mass is 16.4. The topological polar surface area (TPSA) is 82.8 Å². The lowest BCUT2D eigenvalue weighted by atomic mass is 10.1. The SMILES string of the molecule is CN=C(NCc1ncc(-c2ccccc2)o1)NC1CCN(C(=O)C2CCCC2)C1. The van der Waals surface area contributed by atoms with Crippen molar-refractivity contribution in [2.24, 2.45) is 10.9 Å². The van der Waals surface area contributed by atoms with E-state index in [9.17, 15) is 4.79 Å². The Morgan fingerprint density at radius 3 is 2.79 bits per heavy atom. The second-order valence-electron chi connectivity index (χ2n) is 7.81. The van der Waals surface area contributed by atoms with Crippen LogP contribution in [0.2, 0.25) is 0 Å². The zero-order chi connectivity index (χ0) is 20.1. The number of hydrogen-bond donors (Lipinski definition) is 2. The first-order valence-electron chi connectivity index (χ1n) is 10.5. The number of carbonyl (C=O) groups is 1. The summed E-state index contributed by atoms with van der Waals surface area (Å²) in [5, 5.41) is 6.68. The van der Waals surface area contributed by atoms with Crippen LogP contribution < -0.4 is 10.6 Å². The van der Waals surface area contributed by atoms with Crippen LogP contribution in [0.4, 0.5) is 0 Å². The average Bonchev–Trinajstić information content (AvgIpc) is 3.53. The van der Waals surface area contributed by atoms with Crippen molar-refractivity contribution in [3.05, 3.63) is 42.4 Å². The molecule has 0 bridgehead atoms. The molecule has 154 valence electrons. The van der Waals surface area contributed by atoms with Gasteiger partial charge in [0.25, 0.3) is 0 Å². The van der Waals surface area contributed by atoms with Gasteiger partial charge in [0.05, 0.1) is 12.7 Å².